The summed E-state index contributed by atoms with van der Waals surface area (Å²) in [5.41, 5.74) is 1.13. The molecule has 0 amide bonds. The number of methoxy groups -OCH3 is 4. The molecule has 1 aromatic rings. The Bertz CT molecular complexity index is 503. The fraction of sp³-hybridized carbons (Fsp3) is 0.600. The molecule has 0 bridgehead atoms. The van der Waals surface area contributed by atoms with Gasteiger partial charge in [0.25, 0.3) is 5.97 Å². The lowest BCUT2D eigenvalue weighted by atomic mass is 10.1. The molecule has 0 aromatic heterocycles. The fourth-order valence-corrected chi connectivity index (χ4v) is 2.32. The van der Waals surface area contributed by atoms with Gasteiger partial charge in [-0.05, 0) is 30.5 Å². The topological polar surface area (TPSA) is 46.2 Å². The lowest BCUT2D eigenvalue weighted by molar-refractivity contribution is -0.355. The van der Waals surface area contributed by atoms with Crippen molar-refractivity contribution in [3.8, 4) is 17.6 Å². The van der Waals surface area contributed by atoms with Gasteiger partial charge in [-0.3, -0.25) is 0 Å². The van der Waals surface area contributed by atoms with E-state index in [2.05, 4.69) is 11.8 Å². The van der Waals surface area contributed by atoms with Gasteiger partial charge in [0.05, 0.1) is 20.3 Å². The number of rotatable bonds is 12. The zero-order chi connectivity index (χ0) is 18.4. The van der Waals surface area contributed by atoms with Crippen molar-refractivity contribution in [1.29, 1.82) is 0 Å². The van der Waals surface area contributed by atoms with Crippen LogP contribution < -0.4 is 4.74 Å². The van der Waals surface area contributed by atoms with Gasteiger partial charge in [0.1, 0.15) is 5.75 Å². The predicted octanol–water partition coefficient (Wildman–Crippen LogP) is 3.76. The van der Waals surface area contributed by atoms with Gasteiger partial charge < -0.3 is 23.7 Å². The van der Waals surface area contributed by atoms with E-state index in [-0.39, 0.29) is 0 Å². The van der Waals surface area contributed by atoms with Gasteiger partial charge in [-0.2, -0.15) is 0 Å². The second-order valence-electron chi connectivity index (χ2n) is 5.51. The molecule has 0 saturated carbocycles. The molecule has 0 aliphatic heterocycles. The average Bonchev–Trinajstić information content (AvgIpc) is 2.67. The number of benzene rings is 1. The maximum Gasteiger partial charge on any atom is 0.282 e. The number of unbranched alkanes of at least 4 members (excludes halogenated alkanes) is 2. The molecule has 0 radical (unpaired) electrons. The van der Waals surface area contributed by atoms with Crippen LogP contribution >= 0.6 is 0 Å². The first-order chi connectivity index (χ1) is 12.2. The van der Waals surface area contributed by atoms with Crippen molar-refractivity contribution in [2.45, 2.75) is 44.7 Å². The number of hydrogen-bond donors (Lipinski definition) is 0. The fourth-order valence-electron chi connectivity index (χ4n) is 2.32. The van der Waals surface area contributed by atoms with E-state index in [0.717, 1.165) is 37.0 Å². The molecule has 0 unspecified atom stereocenters. The predicted molar refractivity (Wildman–Crippen MR) is 97.3 cm³/mol. The third-order valence-corrected chi connectivity index (χ3v) is 3.89. The standard InChI is InChI=1S/C20H30O5/c1-21-19-13-11-18(12-14-19)17-25-16-10-8-6-5-7-9-15-20(22-2,23-3)24-4/h11-14H,5,7,9-10,15-17H2,1-4H3. The lowest BCUT2D eigenvalue weighted by Gasteiger charge is -2.28. The van der Waals surface area contributed by atoms with Crippen LogP contribution in [0.25, 0.3) is 0 Å². The molecule has 1 aromatic carbocycles. The zero-order valence-corrected chi connectivity index (χ0v) is 15.8. The zero-order valence-electron chi connectivity index (χ0n) is 15.8. The normalized spacial score (nSPS) is 11.0. The summed E-state index contributed by atoms with van der Waals surface area (Å²) in [4.78, 5) is 0. The van der Waals surface area contributed by atoms with Crippen molar-refractivity contribution in [1.82, 2.24) is 0 Å². The molecular weight excluding hydrogens is 320 g/mol. The van der Waals surface area contributed by atoms with Crippen molar-refractivity contribution in [3.05, 3.63) is 29.8 Å². The summed E-state index contributed by atoms with van der Waals surface area (Å²) in [6.07, 6.45) is 4.19. The van der Waals surface area contributed by atoms with Crippen LogP contribution in [-0.2, 0) is 25.6 Å². The molecule has 0 fully saturated rings. The van der Waals surface area contributed by atoms with Crippen molar-refractivity contribution in [2.75, 3.05) is 35.0 Å². The molecule has 0 heterocycles. The van der Waals surface area contributed by atoms with E-state index in [1.165, 1.54) is 0 Å². The van der Waals surface area contributed by atoms with Crippen LogP contribution in [0.5, 0.6) is 5.75 Å². The van der Waals surface area contributed by atoms with Gasteiger partial charge in [0.15, 0.2) is 0 Å². The van der Waals surface area contributed by atoms with Gasteiger partial charge in [0.2, 0.25) is 0 Å². The highest BCUT2D eigenvalue weighted by molar-refractivity contribution is 5.26. The van der Waals surface area contributed by atoms with Gasteiger partial charge in [-0.15, -0.1) is 11.8 Å². The molecule has 0 atom stereocenters. The first-order valence-electron chi connectivity index (χ1n) is 8.51. The molecule has 0 saturated heterocycles. The van der Waals surface area contributed by atoms with E-state index in [4.69, 9.17) is 23.7 Å². The summed E-state index contributed by atoms with van der Waals surface area (Å²) in [6.45, 7) is 1.23. The van der Waals surface area contributed by atoms with E-state index in [1.54, 1.807) is 28.4 Å². The lowest BCUT2D eigenvalue weighted by Crippen LogP contribution is -2.35. The van der Waals surface area contributed by atoms with Crippen LogP contribution in [0.3, 0.4) is 0 Å². The van der Waals surface area contributed by atoms with Crippen molar-refractivity contribution in [3.63, 3.8) is 0 Å². The SMILES string of the molecule is COc1ccc(COCCC#CCCCCC(OC)(OC)OC)cc1. The third kappa shape index (κ3) is 8.37. The Morgan fingerprint density at radius 3 is 2.08 bits per heavy atom. The second-order valence-corrected chi connectivity index (χ2v) is 5.51. The first-order valence-corrected chi connectivity index (χ1v) is 8.51. The minimum atomic E-state index is -0.928. The van der Waals surface area contributed by atoms with E-state index < -0.39 is 5.97 Å². The van der Waals surface area contributed by atoms with Crippen LogP contribution in [0.2, 0.25) is 0 Å². The maximum absolute atomic E-state index is 5.62. The molecule has 5 heteroatoms. The monoisotopic (exact) mass is 350 g/mol. The highest BCUT2D eigenvalue weighted by Gasteiger charge is 2.28. The molecular formula is C20H30O5. The summed E-state index contributed by atoms with van der Waals surface area (Å²) in [5, 5.41) is 0. The summed E-state index contributed by atoms with van der Waals surface area (Å²) >= 11 is 0. The molecule has 0 aliphatic carbocycles. The Morgan fingerprint density at radius 2 is 1.48 bits per heavy atom. The number of ether oxygens (including phenoxy) is 5. The summed E-state index contributed by atoms with van der Waals surface area (Å²) in [5.74, 6) is 6.24. The highest BCUT2D eigenvalue weighted by Crippen LogP contribution is 2.20. The van der Waals surface area contributed by atoms with Crippen molar-refractivity contribution < 1.29 is 23.7 Å². The van der Waals surface area contributed by atoms with Gasteiger partial charge >= 0.3 is 0 Å². The largest absolute Gasteiger partial charge is 0.497 e. The molecule has 25 heavy (non-hydrogen) atoms. The van der Waals surface area contributed by atoms with Gasteiger partial charge in [0, 0.05) is 40.6 Å². The molecule has 0 aliphatic rings. The second kappa shape index (κ2) is 12.7. The Labute approximate surface area is 151 Å². The van der Waals surface area contributed by atoms with Crippen molar-refractivity contribution >= 4 is 0 Å². The van der Waals surface area contributed by atoms with Crippen LogP contribution in [0.15, 0.2) is 24.3 Å². The Balaban J connectivity index is 2.07. The van der Waals surface area contributed by atoms with E-state index in [1.807, 2.05) is 24.3 Å². The quantitative estimate of drug-likeness (QED) is 0.326. The summed E-state index contributed by atoms with van der Waals surface area (Å²) in [6, 6.07) is 7.88. The number of hydrogen-bond acceptors (Lipinski definition) is 5. The van der Waals surface area contributed by atoms with Crippen LogP contribution in [0.1, 0.15) is 37.7 Å². The molecule has 1 rings (SSSR count). The van der Waals surface area contributed by atoms with Crippen LogP contribution in [0.4, 0.5) is 0 Å². The van der Waals surface area contributed by atoms with Crippen molar-refractivity contribution in [2.24, 2.45) is 0 Å². The average molecular weight is 350 g/mol. The Morgan fingerprint density at radius 1 is 0.840 bits per heavy atom. The molecule has 0 spiro atoms. The van der Waals surface area contributed by atoms with Gasteiger partial charge in [-0.1, -0.05) is 12.1 Å². The Hall–Kier alpha value is -1.58. The van der Waals surface area contributed by atoms with Crippen LogP contribution in [0, 0.1) is 11.8 Å². The van der Waals surface area contributed by atoms with Crippen LogP contribution in [-0.4, -0.2) is 41.0 Å². The van der Waals surface area contributed by atoms with E-state index in [0.29, 0.717) is 19.6 Å². The van der Waals surface area contributed by atoms with E-state index in [9.17, 15) is 0 Å². The third-order valence-electron chi connectivity index (χ3n) is 3.89. The minimum absolute atomic E-state index is 0.596. The van der Waals surface area contributed by atoms with Gasteiger partial charge in [-0.25, -0.2) is 0 Å². The maximum atomic E-state index is 5.62. The minimum Gasteiger partial charge on any atom is -0.497 e. The summed E-state index contributed by atoms with van der Waals surface area (Å²) in [7, 11) is 6.41. The first kappa shape index (κ1) is 21.5. The highest BCUT2D eigenvalue weighted by atomic mass is 16.9. The molecule has 140 valence electrons. The molecule has 0 N–H and O–H groups in total. The Kier molecular flexibility index (Phi) is 10.9. The smallest absolute Gasteiger partial charge is 0.282 e. The summed E-state index contributed by atoms with van der Waals surface area (Å²) < 4.78 is 26.5. The molecule has 5 nitrogen and oxygen atoms in total. The van der Waals surface area contributed by atoms with E-state index >= 15 is 0 Å².